The Morgan fingerprint density at radius 2 is 1.72 bits per heavy atom. The number of thioether (sulfide) groups is 1. The van der Waals surface area contributed by atoms with Gasteiger partial charge in [-0.15, -0.1) is 21.5 Å². The van der Waals surface area contributed by atoms with Gasteiger partial charge < -0.3 is 14.8 Å². The molecular formula is C35H34N6O4S2. The molecule has 3 aromatic carbocycles. The second kappa shape index (κ2) is 15.1. The Morgan fingerprint density at radius 3 is 2.43 bits per heavy atom. The minimum absolute atomic E-state index is 0.0867. The van der Waals surface area contributed by atoms with Crippen molar-refractivity contribution in [1.29, 1.82) is 0 Å². The molecule has 5 aromatic rings. The standard InChI is InChI=1S/C35H34N6O4S2/c1-3-45-28-17-13-26(14-18-28)40-32(22-36-33(42)20-24-8-5-4-6-9-24)37-38-35(40)47-23-34(43)41-30(25-11-15-27(44-2)16-12-25)21-29(39-41)31-10-7-19-46-31/h4-19,30H,3,20-23H2,1-2H3,(H,36,42)/t30-/m1/s1. The summed E-state index contributed by atoms with van der Waals surface area (Å²) in [5, 5.41) is 20.7. The topological polar surface area (TPSA) is 111 Å². The Kier molecular flexibility index (Phi) is 10.3. The number of hydrazone groups is 1. The van der Waals surface area contributed by atoms with E-state index in [9.17, 15) is 9.59 Å². The van der Waals surface area contributed by atoms with E-state index in [1.807, 2.05) is 108 Å². The van der Waals surface area contributed by atoms with E-state index in [0.29, 0.717) is 24.0 Å². The molecule has 2 aromatic heterocycles. The summed E-state index contributed by atoms with van der Waals surface area (Å²) in [7, 11) is 1.63. The van der Waals surface area contributed by atoms with Crippen molar-refractivity contribution < 1.29 is 19.1 Å². The highest BCUT2D eigenvalue weighted by atomic mass is 32.2. The van der Waals surface area contributed by atoms with Crippen molar-refractivity contribution in [2.24, 2.45) is 5.10 Å². The number of carbonyl (C=O) groups excluding carboxylic acids is 2. The molecule has 2 amide bonds. The van der Waals surface area contributed by atoms with E-state index in [4.69, 9.17) is 14.6 Å². The van der Waals surface area contributed by atoms with E-state index >= 15 is 0 Å². The summed E-state index contributed by atoms with van der Waals surface area (Å²) in [5.74, 6) is 1.84. The SMILES string of the molecule is CCOc1ccc(-n2c(CNC(=O)Cc3ccccc3)nnc2SCC(=O)N2N=C(c3cccs3)C[C@@H]2c2ccc(OC)cc2)cc1. The number of carbonyl (C=O) groups is 2. The second-order valence-corrected chi connectivity index (χ2v) is 12.5. The monoisotopic (exact) mass is 666 g/mol. The highest BCUT2D eigenvalue weighted by Gasteiger charge is 2.33. The van der Waals surface area contributed by atoms with Gasteiger partial charge in [0.25, 0.3) is 5.91 Å². The number of hydrogen-bond donors (Lipinski definition) is 1. The van der Waals surface area contributed by atoms with Crippen LogP contribution in [0.5, 0.6) is 11.5 Å². The van der Waals surface area contributed by atoms with Gasteiger partial charge in [0.15, 0.2) is 11.0 Å². The number of aromatic nitrogens is 3. The van der Waals surface area contributed by atoms with E-state index in [2.05, 4.69) is 15.5 Å². The van der Waals surface area contributed by atoms with E-state index in [-0.39, 0.29) is 36.6 Å². The minimum Gasteiger partial charge on any atom is -0.497 e. The second-order valence-electron chi connectivity index (χ2n) is 10.6. The first-order chi connectivity index (χ1) is 23.0. The first-order valence-electron chi connectivity index (χ1n) is 15.2. The lowest BCUT2D eigenvalue weighted by molar-refractivity contribution is -0.130. The van der Waals surface area contributed by atoms with Crippen LogP contribution in [-0.2, 0) is 22.6 Å². The van der Waals surface area contributed by atoms with E-state index in [1.54, 1.807) is 23.5 Å². The van der Waals surface area contributed by atoms with Gasteiger partial charge in [0.1, 0.15) is 11.5 Å². The van der Waals surface area contributed by atoms with Gasteiger partial charge in [0.2, 0.25) is 5.91 Å². The number of hydrogen-bond acceptors (Lipinski definition) is 9. The van der Waals surface area contributed by atoms with Crippen molar-refractivity contribution in [2.75, 3.05) is 19.5 Å². The van der Waals surface area contributed by atoms with Crippen LogP contribution >= 0.6 is 23.1 Å². The van der Waals surface area contributed by atoms with Crippen molar-refractivity contribution >= 4 is 40.6 Å². The number of rotatable bonds is 13. The molecule has 3 heterocycles. The zero-order chi connectivity index (χ0) is 32.6. The van der Waals surface area contributed by atoms with Crippen LogP contribution in [0.4, 0.5) is 0 Å². The molecule has 0 bridgehead atoms. The maximum atomic E-state index is 13.8. The molecule has 0 fully saturated rings. The van der Waals surface area contributed by atoms with Gasteiger partial charge in [0.05, 0.1) is 49.1 Å². The van der Waals surface area contributed by atoms with Gasteiger partial charge in [-0.3, -0.25) is 14.2 Å². The summed E-state index contributed by atoms with van der Waals surface area (Å²) in [6.45, 7) is 2.65. The van der Waals surface area contributed by atoms with Crippen LogP contribution in [0, 0.1) is 0 Å². The van der Waals surface area contributed by atoms with Crippen LogP contribution in [0.1, 0.15) is 41.2 Å². The third-order valence-corrected chi connectivity index (χ3v) is 9.39. The van der Waals surface area contributed by atoms with Gasteiger partial charge >= 0.3 is 0 Å². The molecule has 10 nitrogen and oxygen atoms in total. The molecule has 1 aliphatic rings. The third kappa shape index (κ3) is 7.72. The Morgan fingerprint density at radius 1 is 0.957 bits per heavy atom. The quantitative estimate of drug-likeness (QED) is 0.152. The Balaban J connectivity index is 1.22. The molecule has 0 unspecified atom stereocenters. The van der Waals surface area contributed by atoms with Crippen LogP contribution in [-0.4, -0.2) is 56.8 Å². The molecule has 0 aliphatic carbocycles. The van der Waals surface area contributed by atoms with Crippen LogP contribution in [0.15, 0.2) is 107 Å². The summed E-state index contributed by atoms with van der Waals surface area (Å²) in [4.78, 5) is 27.6. The molecule has 1 atom stereocenters. The normalized spacial score (nSPS) is 14.1. The Hall–Kier alpha value is -4.94. The fourth-order valence-electron chi connectivity index (χ4n) is 5.26. The number of nitrogens with zero attached hydrogens (tertiary/aromatic N) is 5. The zero-order valence-corrected chi connectivity index (χ0v) is 27.7. The maximum absolute atomic E-state index is 13.8. The van der Waals surface area contributed by atoms with Crippen molar-refractivity contribution in [3.05, 3.63) is 118 Å². The van der Waals surface area contributed by atoms with Crippen molar-refractivity contribution in [3.63, 3.8) is 0 Å². The number of nitrogens with one attached hydrogen (secondary N) is 1. The van der Waals surface area contributed by atoms with Crippen LogP contribution in [0.2, 0.25) is 0 Å². The predicted molar refractivity (Wildman–Crippen MR) is 183 cm³/mol. The lowest BCUT2D eigenvalue weighted by Crippen LogP contribution is -2.28. The molecule has 12 heteroatoms. The molecule has 6 rings (SSSR count). The molecule has 0 saturated heterocycles. The molecular weight excluding hydrogens is 633 g/mol. The highest BCUT2D eigenvalue weighted by Crippen LogP contribution is 2.35. The Bertz CT molecular complexity index is 1820. The number of benzene rings is 3. The van der Waals surface area contributed by atoms with E-state index < -0.39 is 0 Å². The third-order valence-electron chi connectivity index (χ3n) is 7.55. The van der Waals surface area contributed by atoms with Crippen LogP contribution in [0.3, 0.4) is 0 Å². The first kappa shape index (κ1) is 32.0. The predicted octanol–water partition coefficient (Wildman–Crippen LogP) is 6.07. The average molecular weight is 667 g/mol. The lowest BCUT2D eigenvalue weighted by atomic mass is 10.0. The molecule has 0 radical (unpaired) electrons. The van der Waals surface area contributed by atoms with Crippen molar-refractivity contribution in [2.45, 2.75) is 37.5 Å². The molecule has 240 valence electrons. The maximum Gasteiger partial charge on any atom is 0.253 e. The summed E-state index contributed by atoms with van der Waals surface area (Å²) >= 11 is 2.88. The smallest absolute Gasteiger partial charge is 0.253 e. The summed E-state index contributed by atoms with van der Waals surface area (Å²) < 4.78 is 12.8. The fourth-order valence-corrected chi connectivity index (χ4v) is 6.80. The number of amides is 2. The summed E-state index contributed by atoms with van der Waals surface area (Å²) in [6, 6.07) is 28.7. The zero-order valence-electron chi connectivity index (χ0n) is 26.0. The van der Waals surface area contributed by atoms with Crippen molar-refractivity contribution in [3.8, 4) is 17.2 Å². The van der Waals surface area contributed by atoms with Gasteiger partial charge in [0, 0.05) is 12.1 Å². The van der Waals surface area contributed by atoms with Gasteiger partial charge in [-0.1, -0.05) is 60.3 Å². The number of methoxy groups -OCH3 is 1. The Labute approximate surface area is 281 Å². The van der Waals surface area contributed by atoms with Gasteiger partial charge in [-0.2, -0.15) is 5.10 Å². The molecule has 0 saturated carbocycles. The lowest BCUT2D eigenvalue weighted by Gasteiger charge is -2.22. The van der Waals surface area contributed by atoms with Crippen molar-refractivity contribution in [1.82, 2.24) is 25.1 Å². The van der Waals surface area contributed by atoms with E-state index in [0.717, 1.165) is 38.9 Å². The minimum atomic E-state index is -0.245. The van der Waals surface area contributed by atoms with Gasteiger partial charge in [-0.05, 0) is 65.9 Å². The van der Waals surface area contributed by atoms with Crippen LogP contribution in [0.25, 0.3) is 5.69 Å². The molecule has 0 spiro atoms. The molecule has 47 heavy (non-hydrogen) atoms. The molecule has 1 N–H and O–H groups in total. The highest BCUT2D eigenvalue weighted by molar-refractivity contribution is 7.99. The summed E-state index contributed by atoms with van der Waals surface area (Å²) in [6.07, 6.45) is 0.867. The largest absolute Gasteiger partial charge is 0.497 e. The molecule has 1 aliphatic heterocycles. The number of thiophene rings is 1. The van der Waals surface area contributed by atoms with Crippen LogP contribution < -0.4 is 14.8 Å². The first-order valence-corrected chi connectivity index (χ1v) is 17.1. The fraction of sp³-hybridized carbons (Fsp3) is 0.229. The number of ether oxygens (including phenoxy) is 2. The average Bonchev–Trinajstić information content (AvgIpc) is 3.88. The summed E-state index contributed by atoms with van der Waals surface area (Å²) in [5.41, 5.74) is 3.57. The van der Waals surface area contributed by atoms with Gasteiger partial charge in [-0.25, -0.2) is 5.01 Å². The van der Waals surface area contributed by atoms with E-state index in [1.165, 1.54) is 11.8 Å².